The van der Waals surface area contributed by atoms with E-state index in [9.17, 15) is 0 Å². The number of morpholine rings is 2. The smallest absolute Gasteiger partial charge is 0.241 e. The van der Waals surface area contributed by atoms with Crippen molar-refractivity contribution < 1.29 is 9.47 Å². The van der Waals surface area contributed by atoms with Crippen LogP contribution in [0.15, 0.2) is 30.3 Å². The first-order chi connectivity index (χ1) is 14.6. The molecule has 0 spiro atoms. The van der Waals surface area contributed by atoms with Crippen LogP contribution >= 0.6 is 12.4 Å². The van der Waals surface area contributed by atoms with Gasteiger partial charge in [0.15, 0.2) is 0 Å². The zero-order chi connectivity index (χ0) is 20.7. The number of aromatic nitrogens is 4. The molecular formula is C21H28ClN7O2. The van der Waals surface area contributed by atoms with E-state index in [0.717, 1.165) is 42.3 Å². The molecule has 2 fully saturated rings. The van der Waals surface area contributed by atoms with Crippen molar-refractivity contribution in [1.82, 2.24) is 19.5 Å². The summed E-state index contributed by atoms with van der Waals surface area (Å²) >= 11 is 0. The van der Waals surface area contributed by atoms with E-state index in [1.807, 2.05) is 28.8 Å². The minimum Gasteiger partial charge on any atom is -0.378 e. The third kappa shape index (κ3) is 4.00. The van der Waals surface area contributed by atoms with Crippen molar-refractivity contribution in [2.75, 3.05) is 55.0 Å². The third-order valence-electron chi connectivity index (χ3n) is 5.99. The molecule has 3 aromatic rings. The maximum absolute atomic E-state index is 6.30. The summed E-state index contributed by atoms with van der Waals surface area (Å²) in [6, 6.07) is 10.1. The van der Waals surface area contributed by atoms with E-state index in [-0.39, 0.29) is 24.6 Å². The number of hydrogen-bond acceptors (Lipinski definition) is 8. The highest BCUT2D eigenvalue weighted by atomic mass is 35.5. The average Bonchev–Trinajstić information content (AvgIpc) is 3.11. The molecule has 9 nitrogen and oxygen atoms in total. The summed E-state index contributed by atoms with van der Waals surface area (Å²) in [6.45, 7) is 8.70. The zero-order valence-corrected chi connectivity index (χ0v) is 18.6. The lowest BCUT2D eigenvalue weighted by molar-refractivity contribution is 0.0281. The fourth-order valence-corrected chi connectivity index (χ4v) is 4.12. The quantitative estimate of drug-likeness (QED) is 0.656. The highest BCUT2D eigenvalue weighted by Crippen LogP contribution is 2.28. The zero-order valence-electron chi connectivity index (χ0n) is 17.8. The molecule has 0 aliphatic carbocycles. The lowest BCUT2D eigenvalue weighted by atomic mass is 10.1. The number of benzene rings is 1. The number of hydrogen-bond donors (Lipinski definition) is 1. The Hall–Kier alpha value is -2.62. The number of fused-ring (bicyclic) bond motifs is 1. The van der Waals surface area contributed by atoms with E-state index >= 15 is 0 Å². The second kappa shape index (κ2) is 8.86. The first kappa shape index (κ1) is 21.6. The molecule has 0 unspecified atom stereocenters. The van der Waals surface area contributed by atoms with Crippen molar-refractivity contribution >= 4 is 41.0 Å². The maximum Gasteiger partial charge on any atom is 0.241 e. The van der Waals surface area contributed by atoms with Gasteiger partial charge in [0.1, 0.15) is 11.6 Å². The van der Waals surface area contributed by atoms with Crippen LogP contribution in [0.4, 0.5) is 17.6 Å². The van der Waals surface area contributed by atoms with Gasteiger partial charge >= 0.3 is 0 Å². The molecule has 0 radical (unpaired) electrons. The van der Waals surface area contributed by atoms with Gasteiger partial charge in [0, 0.05) is 25.7 Å². The standard InChI is InChI=1S/C21H27N7O2.ClH/c1-14-15(2)30-12-9-27(14)19-13-18(26-7-10-29-11-8-26)24-21(25-19)28-17-6-4-3-5-16(17)23-20(28)22;/h3-6,13-15H,7-12H2,1-2H3,(H2,22,23);1H/t14-,15+;/m0./s1. The molecule has 10 heteroatoms. The molecule has 2 atom stereocenters. The van der Waals surface area contributed by atoms with Crippen LogP contribution in [0.5, 0.6) is 0 Å². The molecule has 31 heavy (non-hydrogen) atoms. The second-order valence-electron chi connectivity index (χ2n) is 7.79. The molecule has 0 bridgehead atoms. The van der Waals surface area contributed by atoms with Crippen molar-refractivity contribution in [1.29, 1.82) is 0 Å². The van der Waals surface area contributed by atoms with Crippen LogP contribution in [-0.4, -0.2) is 71.1 Å². The molecule has 2 saturated heterocycles. The maximum atomic E-state index is 6.30. The van der Waals surface area contributed by atoms with Gasteiger partial charge in [-0.25, -0.2) is 9.55 Å². The van der Waals surface area contributed by atoms with Crippen molar-refractivity contribution in [3.8, 4) is 5.95 Å². The Morgan fingerprint density at radius 1 is 0.968 bits per heavy atom. The van der Waals surface area contributed by atoms with Gasteiger partial charge < -0.3 is 25.0 Å². The first-order valence-corrected chi connectivity index (χ1v) is 10.4. The van der Waals surface area contributed by atoms with Crippen molar-refractivity contribution in [2.24, 2.45) is 0 Å². The number of rotatable bonds is 3. The molecule has 1 aromatic carbocycles. The summed E-state index contributed by atoms with van der Waals surface area (Å²) in [5.74, 6) is 2.67. The lowest BCUT2D eigenvalue weighted by Gasteiger charge is -2.39. The van der Waals surface area contributed by atoms with Gasteiger partial charge in [-0.1, -0.05) is 12.1 Å². The van der Waals surface area contributed by atoms with Crippen LogP contribution < -0.4 is 15.5 Å². The fourth-order valence-electron chi connectivity index (χ4n) is 4.12. The normalized spacial score (nSPS) is 21.9. The number of nitrogens with two attached hydrogens (primary N) is 1. The van der Waals surface area contributed by atoms with Crippen LogP contribution in [0, 0.1) is 0 Å². The molecule has 2 N–H and O–H groups in total. The number of para-hydroxylation sites is 2. The Bertz CT molecular complexity index is 1050. The summed E-state index contributed by atoms with van der Waals surface area (Å²) in [4.78, 5) is 18.9. The number of nitrogen functional groups attached to an aromatic ring is 1. The molecule has 0 amide bonds. The Kier molecular flexibility index (Phi) is 6.17. The Morgan fingerprint density at radius 3 is 2.52 bits per heavy atom. The SMILES string of the molecule is C[C@H]1OCCN(c2cc(N3CCOCC3)nc(-n3c(N)nc4ccccc43)n2)[C@H]1C.Cl. The lowest BCUT2D eigenvalue weighted by Crippen LogP contribution is -2.49. The highest BCUT2D eigenvalue weighted by Gasteiger charge is 2.28. The largest absolute Gasteiger partial charge is 0.378 e. The van der Waals surface area contributed by atoms with Crippen LogP contribution in [0.25, 0.3) is 17.0 Å². The Labute approximate surface area is 187 Å². The summed E-state index contributed by atoms with van der Waals surface area (Å²) in [6.07, 6.45) is 0.128. The third-order valence-corrected chi connectivity index (χ3v) is 5.99. The number of imidazole rings is 1. The van der Waals surface area contributed by atoms with Gasteiger partial charge in [-0.15, -0.1) is 12.4 Å². The second-order valence-corrected chi connectivity index (χ2v) is 7.79. The number of nitrogens with zero attached hydrogens (tertiary/aromatic N) is 6. The van der Waals surface area contributed by atoms with E-state index in [0.29, 0.717) is 31.7 Å². The van der Waals surface area contributed by atoms with Crippen LogP contribution in [0.1, 0.15) is 13.8 Å². The van der Waals surface area contributed by atoms with Crippen LogP contribution in [0.3, 0.4) is 0 Å². The van der Waals surface area contributed by atoms with E-state index in [1.54, 1.807) is 0 Å². The predicted octanol–water partition coefficient (Wildman–Crippen LogP) is 2.27. The molecule has 0 saturated carbocycles. The summed E-state index contributed by atoms with van der Waals surface area (Å²) < 4.78 is 13.2. The van der Waals surface area contributed by atoms with Gasteiger partial charge in [0.25, 0.3) is 0 Å². The molecule has 2 aliphatic heterocycles. The van der Waals surface area contributed by atoms with Gasteiger partial charge in [-0.05, 0) is 26.0 Å². The minimum absolute atomic E-state index is 0. The molecular weight excluding hydrogens is 418 g/mol. The van der Waals surface area contributed by atoms with E-state index < -0.39 is 0 Å². The van der Waals surface area contributed by atoms with Crippen molar-refractivity contribution in [2.45, 2.75) is 26.0 Å². The average molecular weight is 446 g/mol. The van der Waals surface area contributed by atoms with Gasteiger partial charge in [-0.2, -0.15) is 9.97 Å². The summed E-state index contributed by atoms with van der Waals surface area (Å²) in [7, 11) is 0. The molecule has 5 rings (SSSR count). The molecule has 2 aromatic heterocycles. The molecule has 166 valence electrons. The van der Waals surface area contributed by atoms with Crippen molar-refractivity contribution in [3.63, 3.8) is 0 Å². The van der Waals surface area contributed by atoms with E-state index in [1.165, 1.54) is 0 Å². The Morgan fingerprint density at radius 2 is 1.71 bits per heavy atom. The number of anilines is 3. The van der Waals surface area contributed by atoms with Crippen LogP contribution in [-0.2, 0) is 9.47 Å². The fraction of sp³-hybridized carbons (Fsp3) is 0.476. The summed E-state index contributed by atoms with van der Waals surface area (Å²) in [5, 5.41) is 0. The number of ether oxygens (including phenoxy) is 2. The number of halogens is 1. The van der Waals surface area contributed by atoms with Gasteiger partial charge in [0.05, 0.1) is 43.0 Å². The van der Waals surface area contributed by atoms with Crippen molar-refractivity contribution in [3.05, 3.63) is 30.3 Å². The predicted molar refractivity (Wildman–Crippen MR) is 124 cm³/mol. The highest BCUT2D eigenvalue weighted by molar-refractivity contribution is 5.85. The van der Waals surface area contributed by atoms with Crippen LogP contribution in [0.2, 0.25) is 0 Å². The summed E-state index contributed by atoms with van der Waals surface area (Å²) in [5.41, 5.74) is 8.01. The molecule has 4 heterocycles. The minimum atomic E-state index is 0. The first-order valence-electron chi connectivity index (χ1n) is 10.4. The van der Waals surface area contributed by atoms with Gasteiger partial charge in [-0.3, -0.25) is 0 Å². The van der Waals surface area contributed by atoms with E-state index in [4.69, 9.17) is 25.2 Å². The monoisotopic (exact) mass is 445 g/mol. The van der Waals surface area contributed by atoms with E-state index in [2.05, 4.69) is 34.7 Å². The topological polar surface area (TPSA) is 94.6 Å². The van der Waals surface area contributed by atoms with Gasteiger partial charge in [0.2, 0.25) is 11.9 Å². The Balaban J connectivity index is 0.00000231. The molecule has 2 aliphatic rings.